The summed E-state index contributed by atoms with van der Waals surface area (Å²) in [6.45, 7) is 0. The minimum Gasteiger partial charge on any atom is -0.478 e. The van der Waals surface area contributed by atoms with Gasteiger partial charge in [-0.2, -0.15) is 0 Å². The number of allylic oxidation sites excluding steroid dienone is 2. The summed E-state index contributed by atoms with van der Waals surface area (Å²) >= 11 is 0. The van der Waals surface area contributed by atoms with Crippen LogP contribution in [0.2, 0.25) is 0 Å². The fourth-order valence-corrected chi connectivity index (χ4v) is 2.89. The summed E-state index contributed by atoms with van der Waals surface area (Å²) in [5, 5.41) is 0. The third kappa shape index (κ3) is 1.70. The molecule has 4 nitrogen and oxygen atoms in total. The van der Waals surface area contributed by atoms with Crippen LogP contribution in [0.5, 0.6) is 5.75 Å². The van der Waals surface area contributed by atoms with E-state index in [0.717, 1.165) is 34.3 Å². The topological polar surface area (TPSA) is 43.2 Å². The van der Waals surface area contributed by atoms with E-state index in [1.807, 2.05) is 60.7 Å². The molecule has 106 valence electrons. The van der Waals surface area contributed by atoms with E-state index in [2.05, 4.69) is 9.98 Å². The van der Waals surface area contributed by atoms with E-state index >= 15 is 0 Å². The maximum atomic E-state index is 6.02. The number of benzene rings is 1. The van der Waals surface area contributed by atoms with Crippen molar-refractivity contribution >= 4 is 17.1 Å². The number of ether oxygens (including phenoxy) is 2. The predicted octanol–water partition coefficient (Wildman–Crippen LogP) is 3.27. The van der Waals surface area contributed by atoms with Crippen LogP contribution in [0.25, 0.3) is 0 Å². The lowest BCUT2D eigenvalue weighted by Crippen LogP contribution is -2.34. The van der Waals surface area contributed by atoms with Gasteiger partial charge in [0, 0.05) is 6.08 Å². The Bertz CT molecular complexity index is 856. The second kappa shape index (κ2) is 4.31. The fourth-order valence-electron chi connectivity index (χ4n) is 2.89. The van der Waals surface area contributed by atoms with Crippen LogP contribution in [0.15, 0.2) is 82.2 Å². The monoisotopic (exact) mass is 288 g/mol. The van der Waals surface area contributed by atoms with Gasteiger partial charge in [-0.25, -0.2) is 9.98 Å². The van der Waals surface area contributed by atoms with Gasteiger partial charge < -0.3 is 9.47 Å². The predicted molar refractivity (Wildman–Crippen MR) is 84.7 cm³/mol. The molecule has 1 aromatic carbocycles. The molecule has 1 aromatic rings. The van der Waals surface area contributed by atoms with Crippen LogP contribution < -0.4 is 4.74 Å². The van der Waals surface area contributed by atoms with E-state index in [4.69, 9.17) is 9.47 Å². The quantitative estimate of drug-likeness (QED) is 0.735. The number of nitrogens with zero attached hydrogens (tertiary/aromatic N) is 2. The highest BCUT2D eigenvalue weighted by Gasteiger charge is 2.32. The molecule has 5 rings (SSSR count). The lowest BCUT2D eigenvalue weighted by atomic mass is 10.0. The molecule has 0 saturated heterocycles. The van der Waals surface area contributed by atoms with Crippen LogP contribution in [-0.4, -0.2) is 23.6 Å². The van der Waals surface area contributed by atoms with Crippen LogP contribution in [-0.2, 0) is 4.74 Å². The van der Waals surface area contributed by atoms with E-state index in [-0.39, 0.29) is 12.2 Å². The maximum Gasteiger partial charge on any atom is 0.163 e. The maximum absolute atomic E-state index is 6.02. The lowest BCUT2D eigenvalue weighted by molar-refractivity contribution is 0.197. The van der Waals surface area contributed by atoms with Crippen LogP contribution in [0.4, 0.5) is 5.69 Å². The van der Waals surface area contributed by atoms with Gasteiger partial charge in [0.15, 0.2) is 12.2 Å². The van der Waals surface area contributed by atoms with Crippen molar-refractivity contribution in [1.82, 2.24) is 0 Å². The van der Waals surface area contributed by atoms with Crippen molar-refractivity contribution in [2.24, 2.45) is 9.98 Å². The van der Waals surface area contributed by atoms with Crippen LogP contribution in [0.1, 0.15) is 0 Å². The second-order valence-electron chi connectivity index (χ2n) is 5.42. The minimum absolute atomic E-state index is 0.109. The summed E-state index contributed by atoms with van der Waals surface area (Å²) in [7, 11) is 0. The first-order valence-electron chi connectivity index (χ1n) is 7.25. The second-order valence-corrected chi connectivity index (χ2v) is 5.42. The van der Waals surface area contributed by atoms with Crippen molar-refractivity contribution in [3.63, 3.8) is 0 Å². The Kier molecular flexibility index (Phi) is 2.30. The van der Waals surface area contributed by atoms with E-state index in [9.17, 15) is 0 Å². The summed E-state index contributed by atoms with van der Waals surface area (Å²) in [5.74, 6) is 1.56. The normalized spacial score (nSPS) is 26.7. The van der Waals surface area contributed by atoms with Crippen LogP contribution in [0, 0.1) is 0 Å². The van der Waals surface area contributed by atoms with Crippen molar-refractivity contribution in [3.05, 3.63) is 72.2 Å². The van der Waals surface area contributed by atoms with Gasteiger partial charge in [0.2, 0.25) is 0 Å². The molecule has 0 spiro atoms. The zero-order chi connectivity index (χ0) is 14.5. The summed E-state index contributed by atoms with van der Waals surface area (Å²) < 4.78 is 12.0. The number of para-hydroxylation sites is 2. The molecular formula is C18H12N2O2. The van der Waals surface area contributed by atoms with Crippen molar-refractivity contribution < 1.29 is 9.47 Å². The number of hydrogen-bond donors (Lipinski definition) is 0. The summed E-state index contributed by atoms with van der Waals surface area (Å²) in [5.41, 5.74) is 3.44. The smallest absolute Gasteiger partial charge is 0.163 e. The molecule has 0 aromatic heterocycles. The average molecular weight is 288 g/mol. The third-order valence-corrected chi connectivity index (χ3v) is 3.96. The molecule has 4 heteroatoms. The molecule has 2 atom stereocenters. The van der Waals surface area contributed by atoms with Gasteiger partial charge in [0.1, 0.15) is 22.9 Å². The van der Waals surface area contributed by atoms with Gasteiger partial charge in [0.25, 0.3) is 0 Å². The van der Waals surface area contributed by atoms with Gasteiger partial charge in [-0.3, -0.25) is 0 Å². The molecule has 0 bridgehead atoms. The van der Waals surface area contributed by atoms with E-state index in [0.29, 0.717) is 0 Å². The zero-order valence-electron chi connectivity index (χ0n) is 11.6. The number of aliphatic imine (C=N–C) groups is 2. The summed E-state index contributed by atoms with van der Waals surface area (Å²) in [6, 6.07) is 7.78. The molecule has 2 heterocycles. The van der Waals surface area contributed by atoms with E-state index in [1.54, 1.807) is 0 Å². The Balaban J connectivity index is 1.61. The molecule has 0 radical (unpaired) electrons. The molecule has 0 amide bonds. The number of rotatable bonds is 0. The molecule has 0 saturated carbocycles. The molecule has 0 N–H and O–H groups in total. The van der Waals surface area contributed by atoms with Crippen molar-refractivity contribution in [2.45, 2.75) is 12.2 Å². The highest BCUT2D eigenvalue weighted by atomic mass is 16.5. The van der Waals surface area contributed by atoms with Crippen LogP contribution >= 0.6 is 0 Å². The Labute approximate surface area is 127 Å². The summed E-state index contributed by atoms with van der Waals surface area (Å²) in [4.78, 5) is 9.36. The molecule has 2 unspecified atom stereocenters. The van der Waals surface area contributed by atoms with Crippen molar-refractivity contribution in [1.29, 1.82) is 0 Å². The van der Waals surface area contributed by atoms with Gasteiger partial charge in [0.05, 0.1) is 11.4 Å². The van der Waals surface area contributed by atoms with Crippen molar-refractivity contribution in [3.8, 4) is 5.75 Å². The molecule has 0 fully saturated rings. The first-order valence-corrected chi connectivity index (χ1v) is 7.25. The average Bonchev–Trinajstić information content (AvgIpc) is 2.56. The summed E-state index contributed by atoms with van der Waals surface area (Å²) in [6.07, 6.45) is 11.5. The Morgan fingerprint density at radius 1 is 0.909 bits per heavy atom. The Morgan fingerprint density at radius 3 is 2.86 bits per heavy atom. The number of fused-ring (bicyclic) bond motifs is 4. The standard InChI is InChI=1S/C18H12N2O2/c1-3-7-15-11(5-1)19-13-9-14-18(10-17(13)21-15)22-16-8-4-2-6-12(16)20-14/h1-10,15,18H. The van der Waals surface area contributed by atoms with Crippen molar-refractivity contribution in [2.75, 3.05) is 0 Å². The fraction of sp³-hybridized carbons (Fsp3) is 0.111. The molecule has 4 aliphatic rings. The van der Waals surface area contributed by atoms with Crippen LogP contribution in [0.3, 0.4) is 0 Å². The van der Waals surface area contributed by atoms with Gasteiger partial charge in [-0.1, -0.05) is 24.3 Å². The largest absolute Gasteiger partial charge is 0.478 e. The van der Waals surface area contributed by atoms with E-state index < -0.39 is 0 Å². The Hall–Kier alpha value is -2.88. The molecule has 2 aliphatic carbocycles. The minimum atomic E-state index is -0.214. The zero-order valence-corrected chi connectivity index (χ0v) is 11.6. The van der Waals surface area contributed by atoms with E-state index in [1.165, 1.54) is 0 Å². The van der Waals surface area contributed by atoms with Gasteiger partial charge in [-0.15, -0.1) is 0 Å². The molecule has 2 aliphatic heterocycles. The molecule has 22 heavy (non-hydrogen) atoms. The highest BCUT2D eigenvalue weighted by Crippen LogP contribution is 2.36. The lowest BCUT2D eigenvalue weighted by Gasteiger charge is -2.31. The number of hydrogen-bond acceptors (Lipinski definition) is 4. The Morgan fingerprint density at radius 2 is 1.86 bits per heavy atom. The first-order chi connectivity index (χ1) is 10.9. The SMILES string of the molecule is C1=CC2=NC3=CC4=Nc5ccccc5OC4C=C3OC2C=C1. The third-order valence-electron chi connectivity index (χ3n) is 3.96. The highest BCUT2D eigenvalue weighted by molar-refractivity contribution is 6.07. The first kappa shape index (κ1) is 11.7. The van der Waals surface area contributed by atoms with Gasteiger partial charge >= 0.3 is 0 Å². The molecular weight excluding hydrogens is 276 g/mol. The van der Waals surface area contributed by atoms with Gasteiger partial charge in [-0.05, 0) is 30.4 Å².